The van der Waals surface area contributed by atoms with Gasteiger partial charge in [0.15, 0.2) is 0 Å². The fourth-order valence-electron chi connectivity index (χ4n) is 7.23. The molecule has 7 rings (SSSR count). The van der Waals surface area contributed by atoms with Gasteiger partial charge in [0.05, 0.1) is 35.0 Å². The van der Waals surface area contributed by atoms with E-state index in [9.17, 15) is 24.3 Å². The molecular formula is C39H45N7O7. The molecule has 2 aromatic carbocycles. The Morgan fingerprint density at radius 3 is 2.47 bits per heavy atom. The Bertz CT molecular complexity index is 2040. The number of nitrogens with zero attached hydrogens (tertiary/aromatic N) is 4. The number of allylic oxidation sites excluding steroid dienone is 1. The third kappa shape index (κ3) is 7.96. The number of aromatic nitrogens is 4. The largest absolute Gasteiger partial charge is 0.479 e. The Kier molecular flexibility index (Phi) is 9.79. The quantitative estimate of drug-likeness (QED) is 0.201. The van der Waals surface area contributed by atoms with Crippen LogP contribution >= 0.6 is 0 Å². The van der Waals surface area contributed by atoms with Crippen molar-refractivity contribution in [2.24, 2.45) is 5.92 Å². The fourth-order valence-corrected chi connectivity index (χ4v) is 7.23. The monoisotopic (exact) mass is 723 g/mol. The van der Waals surface area contributed by atoms with Gasteiger partial charge >= 0.3 is 12.1 Å². The van der Waals surface area contributed by atoms with Crippen molar-refractivity contribution in [1.82, 2.24) is 35.5 Å². The lowest BCUT2D eigenvalue weighted by molar-refractivity contribution is -0.145. The van der Waals surface area contributed by atoms with E-state index in [0.29, 0.717) is 35.4 Å². The molecule has 0 unspecified atom stereocenters. The average molecular weight is 724 g/mol. The van der Waals surface area contributed by atoms with Gasteiger partial charge in [0, 0.05) is 12.3 Å². The lowest BCUT2D eigenvalue weighted by Crippen LogP contribution is -2.56. The number of ether oxygens (including phenoxy) is 2. The molecule has 1 saturated carbocycles. The zero-order chi connectivity index (χ0) is 37.3. The first kappa shape index (κ1) is 35.9. The number of H-pyrrole nitrogens is 1. The molecule has 4 aromatic rings. The smallest absolute Gasteiger partial charge is 0.408 e. The van der Waals surface area contributed by atoms with Crippen molar-refractivity contribution in [3.05, 3.63) is 72.2 Å². The van der Waals surface area contributed by atoms with Gasteiger partial charge in [-0.15, -0.1) is 0 Å². The maximum Gasteiger partial charge on any atom is 0.408 e. The van der Waals surface area contributed by atoms with Gasteiger partial charge in [0.25, 0.3) is 0 Å². The van der Waals surface area contributed by atoms with Crippen molar-refractivity contribution in [2.75, 3.05) is 6.54 Å². The highest BCUT2D eigenvalue weighted by molar-refractivity contribution is 5.96. The number of rotatable bonds is 6. The molecule has 2 fully saturated rings. The second kappa shape index (κ2) is 14.5. The first-order valence-electron chi connectivity index (χ1n) is 18.3. The van der Waals surface area contributed by atoms with E-state index in [1.54, 1.807) is 20.8 Å². The van der Waals surface area contributed by atoms with E-state index < -0.39 is 53.2 Å². The van der Waals surface area contributed by atoms with Crippen LogP contribution in [0.15, 0.2) is 60.7 Å². The van der Waals surface area contributed by atoms with Gasteiger partial charge in [-0.05, 0) is 70.7 Å². The van der Waals surface area contributed by atoms with Crippen molar-refractivity contribution in [3.8, 4) is 5.88 Å². The topological polar surface area (TPSA) is 189 Å². The summed E-state index contributed by atoms with van der Waals surface area (Å²) in [6.07, 6.45) is 6.30. The number of imidazole rings is 1. The number of amides is 3. The number of carboxylic acids is 1. The van der Waals surface area contributed by atoms with Crippen LogP contribution in [0.1, 0.15) is 77.2 Å². The Morgan fingerprint density at radius 1 is 1.00 bits per heavy atom. The summed E-state index contributed by atoms with van der Waals surface area (Å²) >= 11 is 0. The summed E-state index contributed by atoms with van der Waals surface area (Å²) in [6.45, 7) is 5.21. The lowest BCUT2D eigenvalue weighted by atomic mass is 10.0. The van der Waals surface area contributed by atoms with Crippen LogP contribution in [0.5, 0.6) is 5.88 Å². The number of carbonyl (C=O) groups excluding carboxylic acids is 3. The van der Waals surface area contributed by atoms with E-state index in [4.69, 9.17) is 24.4 Å². The summed E-state index contributed by atoms with van der Waals surface area (Å²) in [4.78, 5) is 73.2. The van der Waals surface area contributed by atoms with Gasteiger partial charge in [0.1, 0.15) is 40.8 Å². The van der Waals surface area contributed by atoms with Crippen LogP contribution in [0.4, 0.5) is 4.79 Å². The highest BCUT2D eigenvalue weighted by Gasteiger charge is 2.61. The minimum atomic E-state index is -1.46. The SMILES string of the molecule is CC(C)(C)OC(=O)N[C@H]1CCCCC/C=C\[C@H]2C[C@@]2(C(=O)O)NC(=O)[C@@H]2C[C@@H](Oc3nc4ccccc4nc3Cc3nc4ccccc4[nH]3)CN2C1=O. The van der Waals surface area contributed by atoms with Gasteiger partial charge in [-0.3, -0.25) is 9.59 Å². The van der Waals surface area contributed by atoms with Crippen LogP contribution < -0.4 is 15.4 Å². The number of alkyl carbamates (subject to hydrolysis) is 1. The Labute approximate surface area is 306 Å². The van der Waals surface area contributed by atoms with Crippen LogP contribution in [-0.2, 0) is 25.5 Å². The van der Waals surface area contributed by atoms with Gasteiger partial charge in [-0.2, -0.15) is 0 Å². The van der Waals surface area contributed by atoms with Crippen LogP contribution in [0.25, 0.3) is 22.1 Å². The summed E-state index contributed by atoms with van der Waals surface area (Å²) in [5, 5.41) is 15.8. The lowest BCUT2D eigenvalue weighted by Gasteiger charge is -2.30. The molecule has 2 aliphatic heterocycles. The molecule has 3 aliphatic rings. The standard InChI is InChI=1S/C39H45N7O7/c1-38(2,3)53-37(51)44-29-18-8-6-4-5-7-13-23-21-39(23,36(49)50)45-33(47)31-19-24(22-46(31)35(29)48)52-34-30(40-25-14-9-12-17-28(25)43-34)20-32-41-26-15-10-11-16-27(26)42-32/h7,9-17,23-24,29,31H,4-6,8,18-22H2,1-3H3,(H,41,42)(H,44,51)(H,45,47)(H,49,50)/b13-7-/t23-,24+,29-,31-,39+/m0/s1. The Morgan fingerprint density at radius 2 is 1.74 bits per heavy atom. The number of hydrogen-bond acceptors (Lipinski definition) is 9. The minimum Gasteiger partial charge on any atom is -0.479 e. The molecule has 1 aliphatic carbocycles. The molecule has 3 amide bonds. The first-order valence-corrected chi connectivity index (χ1v) is 18.3. The molecule has 1 saturated heterocycles. The van der Waals surface area contributed by atoms with Gasteiger partial charge in [-0.25, -0.2) is 24.5 Å². The summed E-state index contributed by atoms with van der Waals surface area (Å²) in [5.41, 5.74) is 1.24. The summed E-state index contributed by atoms with van der Waals surface area (Å²) in [6, 6.07) is 13.1. The third-order valence-corrected chi connectivity index (χ3v) is 9.97. The number of carbonyl (C=O) groups is 4. The second-order valence-electron chi connectivity index (χ2n) is 15.2. The number of carboxylic acid groups (broad SMARTS) is 1. The highest BCUT2D eigenvalue weighted by atomic mass is 16.6. The number of aliphatic carboxylic acids is 1. The van der Waals surface area contributed by atoms with Crippen LogP contribution in [0.2, 0.25) is 0 Å². The number of benzene rings is 2. The van der Waals surface area contributed by atoms with Gasteiger partial charge < -0.3 is 35.1 Å². The van der Waals surface area contributed by atoms with Crippen molar-refractivity contribution in [3.63, 3.8) is 0 Å². The van der Waals surface area contributed by atoms with Crippen molar-refractivity contribution < 1.29 is 33.8 Å². The zero-order valence-corrected chi connectivity index (χ0v) is 30.1. The number of fused-ring (bicyclic) bond motifs is 4. The molecule has 4 heterocycles. The fraction of sp³-hybridized carbons (Fsp3) is 0.462. The number of para-hydroxylation sites is 4. The average Bonchev–Trinajstić information content (AvgIpc) is 3.41. The molecule has 4 N–H and O–H groups in total. The van der Waals surface area contributed by atoms with Gasteiger partial charge in [0.2, 0.25) is 17.7 Å². The molecule has 14 heteroatoms. The Balaban J connectivity index is 1.20. The van der Waals surface area contributed by atoms with Gasteiger partial charge in [-0.1, -0.05) is 49.3 Å². The summed E-state index contributed by atoms with van der Waals surface area (Å²) < 4.78 is 12.1. The molecule has 0 radical (unpaired) electrons. The normalized spacial score (nSPS) is 25.8. The molecule has 5 atom stereocenters. The molecule has 53 heavy (non-hydrogen) atoms. The van der Waals surface area contributed by atoms with E-state index in [2.05, 4.69) is 15.6 Å². The predicted molar refractivity (Wildman–Crippen MR) is 195 cm³/mol. The van der Waals surface area contributed by atoms with Crippen molar-refractivity contribution >= 4 is 45.9 Å². The zero-order valence-electron chi connectivity index (χ0n) is 30.1. The molecule has 2 aromatic heterocycles. The molecule has 278 valence electrons. The molecule has 0 bridgehead atoms. The van der Waals surface area contributed by atoms with Crippen LogP contribution in [-0.4, -0.2) is 89.7 Å². The maximum absolute atomic E-state index is 14.4. The van der Waals surface area contributed by atoms with Crippen molar-refractivity contribution in [2.45, 2.75) is 101 Å². The van der Waals surface area contributed by atoms with E-state index in [0.717, 1.165) is 30.3 Å². The third-order valence-electron chi connectivity index (χ3n) is 9.97. The van der Waals surface area contributed by atoms with Crippen molar-refractivity contribution in [1.29, 1.82) is 0 Å². The Hall–Kier alpha value is -5.53. The van der Waals surface area contributed by atoms with Crippen LogP contribution in [0.3, 0.4) is 0 Å². The van der Waals surface area contributed by atoms with E-state index in [1.165, 1.54) is 4.90 Å². The molecule has 14 nitrogen and oxygen atoms in total. The summed E-state index contributed by atoms with van der Waals surface area (Å²) in [5.74, 6) is -1.65. The number of hydrogen-bond donors (Lipinski definition) is 4. The van der Waals surface area contributed by atoms with E-state index >= 15 is 0 Å². The molecule has 0 spiro atoms. The van der Waals surface area contributed by atoms with E-state index in [-0.39, 0.29) is 37.6 Å². The molecular weight excluding hydrogens is 678 g/mol. The highest BCUT2D eigenvalue weighted by Crippen LogP contribution is 2.45. The van der Waals surface area contributed by atoms with Crippen LogP contribution in [0, 0.1) is 5.92 Å². The minimum absolute atomic E-state index is 0.00853. The number of nitrogens with one attached hydrogen (secondary N) is 3. The summed E-state index contributed by atoms with van der Waals surface area (Å²) in [7, 11) is 0. The predicted octanol–water partition coefficient (Wildman–Crippen LogP) is 4.82. The maximum atomic E-state index is 14.4. The first-order chi connectivity index (χ1) is 25.4. The van der Waals surface area contributed by atoms with E-state index in [1.807, 2.05) is 60.7 Å². The second-order valence-corrected chi connectivity index (χ2v) is 15.2. The number of aromatic amines is 1.